The second-order valence-corrected chi connectivity index (χ2v) is 7.67. The number of H-pyrrole nitrogens is 1. The number of aliphatic hydroxyl groups excluding tert-OH is 1. The Bertz CT molecular complexity index is 1180. The molecule has 10 nitrogen and oxygen atoms in total. The fraction of sp³-hybridized carbons (Fsp3) is 0.429. The van der Waals surface area contributed by atoms with Gasteiger partial charge in [0.2, 0.25) is 11.8 Å². The molecule has 4 aromatic heterocycles. The summed E-state index contributed by atoms with van der Waals surface area (Å²) in [5.41, 5.74) is 3.41. The van der Waals surface area contributed by atoms with Gasteiger partial charge in [0.1, 0.15) is 12.0 Å². The predicted molar refractivity (Wildman–Crippen MR) is 115 cm³/mol. The topological polar surface area (TPSA) is 122 Å². The van der Waals surface area contributed by atoms with Crippen molar-refractivity contribution in [1.29, 1.82) is 0 Å². The van der Waals surface area contributed by atoms with Gasteiger partial charge < -0.3 is 24.9 Å². The minimum Gasteiger partial charge on any atom is -0.480 e. The van der Waals surface area contributed by atoms with Crippen molar-refractivity contribution in [3.63, 3.8) is 0 Å². The summed E-state index contributed by atoms with van der Waals surface area (Å²) in [5.74, 6) is 1.07. The second-order valence-electron chi connectivity index (χ2n) is 7.67. The first-order valence-electron chi connectivity index (χ1n) is 10.5. The third-order valence-electron chi connectivity index (χ3n) is 5.74. The monoisotopic (exact) mass is 423 g/mol. The highest BCUT2D eigenvalue weighted by Gasteiger charge is 2.23. The van der Waals surface area contributed by atoms with Crippen LogP contribution in [-0.4, -0.2) is 67.1 Å². The lowest BCUT2D eigenvalue weighted by Crippen LogP contribution is -2.30. The number of nitrogens with one attached hydrogen (secondary N) is 2. The number of rotatable bonds is 7. The van der Waals surface area contributed by atoms with Crippen molar-refractivity contribution < 1.29 is 14.6 Å². The fourth-order valence-corrected chi connectivity index (χ4v) is 4.20. The Morgan fingerprint density at radius 1 is 1.26 bits per heavy atom. The molecule has 0 saturated heterocycles. The number of methoxy groups -OCH3 is 1. The van der Waals surface area contributed by atoms with Crippen LogP contribution in [0.1, 0.15) is 25.7 Å². The molecular weight excluding hydrogens is 398 g/mol. The van der Waals surface area contributed by atoms with Crippen molar-refractivity contribution in [1.82, 2.24) is 29.5 Å². The van der Waals surface area contributed by atoms with Crippen molar-refractivity contribution in [2.75, 3.05) is 25.6 Å². The zero-order valence-electron chi connectivity index (χ0n) is 17.3. The smallest absolute Gasteiger partial charge is 0.228 e. The lowest BCUT2D eigenvalue weighted by molar-refractivity contribution is 0.00719. The van der Waals surface area contributed by atoms with Gasteiger partial charge in [0.05, 0.1) is 31.8 Å². The molecule has 0 unspecified atom stereocenters. The van der Waals surface area contributed by atoms with Gasteiger partial charge in [-0.2, -0.15) is 15.1 Å². The molecule has 0 amide bonds. The Labute approximate surface area is 178 Å². The lowest BCUT2D eigenvalue weighted by atomic mass is 9.93. The average molecular weight is 423 g/mol. The Hall–Kier alpha value is -3.24. The van der Waals surface area contributed by atoms with Gasteiger partial charge in [-0.3, -0.25) is 0 Å². The molecule has 4 heterocycles. The van der Waals surface area contributed by atoms with Gasteiger partial charge in [0.15, 0.2) is 5.65 Å². The van der Waals surface area contributed by atoms with Crippen LogP contribution in [0.25, 0.3) is 27.8 Å². The minimum absolute atomic E-state index is 0.0663. The highest BCUT2D eigenvalue weighted by atomic mass is 16.5. The van der Waals surface area contributed by atoms with E-state index in [2.05, 4.69) is 30.4 Å². The first-order chi connectivity index (χ1) is 15.2. The summed E-state index contributed by atoms with van der Waals surface area (Å²) in [6.45, 7) is 0.468. The zero-order valence-corrected chi connectivity index (χ0v) is 17.3. The van der Waals surface area contributed by atoms with Gasteiger partial charge in [-0.15, -0.1) is 0 Å². The number of hydrogen-bond acceptors (Lipinski definition) is 8. The maximum atomic E-state index is 8.92. The standard InChI is InChI=1S/C21H25N7O3/c1-30-20-18-16(13-6-7-28-17(10-13)23-12-24-28)11-22-19(18)26-21(27-20)25-14-2-4-15(5-3-14)31-9-8-29/h6-7,10-12,14-15,29H,2-5,8-9H2,1H3,(H2,22,25,26,27)/t14-,15-. The van der Waals surface area contributed by atoms with Crippen molar-refractivity contribution >= 4 is 22.6 Å². The van der Waals surface area contributed by atoms with E-state index in [-0.39, 0.29) is 18.8 Å². The quantitative estimate of drug-likeness (QED) is 0.414. The molecule has 0 bridgehead atoms. The van der Waals surface area contributed by atoms with Gasteiger partial charge in [-0.1, -0.05) is 0 Å². The molecule has 0 aromatic carbocycles. The summed E-state index contributed by atoms with van der Waals surface area (Å²) in [7, 11) is 1.62. The molecule has 0 atom stereocenters. The third-order valence-corrected chi connectivity index (χ3v) is 5.74. The molecule has 162 valence electrons. The van der Waals surface area contributed by atoms with Gasteiger partial charge in [0, 0.05) is 24.0 Å². The maximum Gasteiger partial charge on any atom is 0.228 e. The van der Waals surface area contributed by atoms with Crippen molar-refractivity contribution in [2.24, 2.45) is 0 Å². The maximum absolute atomic E-state index is 8.92. The number of hydrogen-bond donors (Lipinski definition) is 3. The molecule has 1 aliphatic carbocycles. The van der Waals surface area contributed by atoms with E-state index in [9.17, 15) is 0 Å². The largest absolute Gasteiger partial charge is 0.480 e. The summed E-state index contributed by atoms with van der Waals surface area (Å²) in [6, 6.07) is 4.23. The molecule has 4 aromatic rings. The SMILES string of the molecule is COc1nc(N[C@H]2CC[C@H](OCCO)CC2)nc2[nH]cc(-c3ccn4ncnc4c3)c12. The zero-order chi connectivity index (χ0) is 21.2. The van der Waals surface area contributed by atoms with Crippen LogP contribution in [0.3, 0.4) is 0 Å². The van der Waals surface area contributed by atoms with Crippen LogP contribution in [0, 0.1) is 0 Å². The summed E-state index contributed by atoms with van der Waals surface area (Å²) in [6.07, 6.45) is 9.38. The highest BCUT2D eigenvalue weighted by Crippen LogP contribution is 2.35. The van der Waals surface area contributed by atoms with Crippen LogP contribution < -0.4 is 10.1 Å². The molecule has 0 radical (unpaired) electrons. The van der Waals surface area contributed by atoms with Crippen LogP contribution in [0.4, 0.5) is 5.95 Å². The van der Waals surface area contributed by atoms with Crippen LogP contribution in [-0.2, 0) is 4.74 Å². The average Bonchev–Trinajstić information content (AvgIpc) is 3.44. The summed E-state index contributed by atoms with van der Waals surface area (Å²) >= 11 is 0. The van der Waals surface area contributed by atoms with Crippen molar-refractivity contribution in [2.45, 2.75) is 37.8 Å². The molecule has 1 aliphatic rings. The minimum atomic E-state index is 0.0663. The first-order valence-corrected chi connectivity index (χ1v) is 10.5. The van der Waals surface area contributed by atoms with Crippen LogP contribution in [0.15, 0.2) is 30.9 Å². The summed E-state index contributed by atoms with van der Waals surface area (Å²) < 4.78 is 13.0. The fourth-order valence-electron chi connectivity index (χ4n) is 4.20. The molecule has 31 heavy (non-hydrogen) atoms. The molecule has 1 saturated carbocycles. The molecule has 3 N–H and O–H groups in total. The Morgan fingerprint density at radius 2 is 2.13 bits per heavy atom. The Kier molecular flexibility index (Phi) is 5.39. The van der Waals surface area contributed by atoms with E-state index in [1.165, 1.54) is 6.33 Å². The van der Waals surface area contributed by atoms with Crippen LogP contribution >= 0.6 is 0 Å². The molecule has 5 rings (SSSR count). The molecule has 0 aliphatic heterocycles. The molecule has 0 spiro atoms. The Morgan fingerprint density at radius 3 is 2.94 bits per heavy atom. The molecule has 10 heteroatoms. The number of fused-ring (bicyclic) bond motifs is 2. The summed E-state index contributed by atoms with van der Waals surface area (Å²) in [5, 5.41) is 17.3. The van der Waals surface area contributed by atoms with Crippen LogP contribution in [0.2, 0.25) is 0 Å². The van der Waals surface area contributed by atoms with Gasteiger partial charge in [-0.25, -0.2) is 9.50 Å². The number of aromatic amines is 1. The second kappa shape index (κ2) is 8.48. The van der Waals surface area contributed by atoms with E-state index in [1.807, 2.05) is 24.5 Å². The van der Waals surface area contributed by atoms with E-state index < -0.39 is 0 Å². The Balaban J connectivity index is 1.38. The van der Waals surface area contributed by atoms with Crippen LogP contribution in [0.5, 0.6) is 5.88 Å². The van der Waals surface area contributed by atoms with E-state index in [1.54, 1.807) is 11.6 Å². The number of anilines is 1. The van der Waals surface area contributed by atoms with Crippen molar-refractivity contribution in [3.05, 3.63) is 30.9 Å². The summed E-state index contributed by atoms with van der Waals surface area (Å²) in [4.78, 5) is 16.8. The number of ether oxygens (including phenoxy) is 2. The number of aliphatic hydroxyl groups is 1. The van der Waals surface area contributed by atoms with Gasteiger partial charge in [-0.05, 0) is 43.4 Å². The predicted octanol–water partition coefficient (Wildman–Crippen LogP) is 2.41. The third kappa shape index (κ3) is 3.91. The first kappa shape index (κ1) is 19.7. The van der Waals surface area contributed by atoms with E-state index >= 15 is 0 Å². The normalized spacial score (nSPS) is 19.2. The van der Waals surface area contributed by atoms with E-state index in [0.29, 0.717) is 24.1 Å². The van der Waals surface area contributed by atoms with Gasteiger partial charge in [0.25, 0.3) is 0 Å². The molecular formula is C21H25N7O3. The van der Waals surface area contributed by atoms with Gasteiger partial charge >= 0.3 is 0 Å². The lowest BCUT2D eigenvalue weighted by Gasteiger charge is -2.29. The number of pyridine rings is 1. The van der Waals surface area contributed by atoms with Crippen molar-refractivity contribution in [3.8, 4) is 17.0 Å². The highest BCUT2D eigenvalue weighted by molar-refractivity contribution is 5.98. The van der Waals surface area contributed by atoms with E-state index in [0.717, 1.165) is 47.8 Å². The van der Waals surface area contributed by atoms with E-state index in [4.69, 9.17) is 14.6 Å². The number of aromatic nitrogens is 6. The molecule has 1 fully saturated rings. The number of nitrogens with zero attached hydrogens (tertiary/aromatic N) is 5.